The van der Waals surface area contributed by atoms with Crippen molar-refractivity contribution in [2.75, 3.05) is 6.54 Å². The SMILES string of the molecule is O=C(Cc1cc2ccccc2[nH]c1=O)NCC1(O)CCC1. The Bertz CT molecular complexity index is 732. The van der Waals surface area contributed by atoms with E-state index < -0.39 is 5.60 Å². The van der Waals surface area contributed by atoms with Crippen LogP contribution in [0, 0.1) is 0 Å². The Kier molecular flexibility index (Phi) is 3.51. The lowest BCUT2D eigenvalue weighted by molar-refractivity contribution is -0.122. The highest BCUT2D eigenvalue weighted by Gasteiger charge is 2.34. The zero-order chi connectivity index (χ0) is 14.9. The molecule has 3 rings (SSSR count). The zero-order valence-corrected chi connectivity index (χ0v) is 11.7. The van der Waals surface area contributed by atoms with E-state index in [2.05, 4.69) is 10.3 Å². The van der Waals surface area contributed by atoms with Gasteiger partial charge in [-0.1, -0.05) is 18.2 Å². The molecule has 0 atom stereocenters. The van der Waals surface area contributed by atoms with E-state index in [-0.39, 0.29) is 24.4 Å². The second-order valence-electron chi connectivity index (χ2n) is 5.74. The fourth-order valence-electron chi connectivity index (χ4n) is 2.58. The number of pyridine rings is 1. The molecule has 110 valence electrons. The Morgan fingerprint density at radius 3 is 2.81 bits per heavy atom. The van der Waals surface area contributed by atoms with Gasteiger partial charge in [0, 0.05) is 17.6 Å². The standard InChI is InChI=1S/C16H18N2O3/c19-14(17-10-16(21)6-3-7-16)9-12-8-11-4-1-2-5-13(11)18-15(12)20/h1-2,4-5,8,21H,3,6-7,9-10H2,(H,17,19)(H,18,20). The van der Waals surface area contributed by atoms with Crippen molar-refractivity contribution in [2.45, 2.75) is 31.3 Å². The number of carbonyl (C=O) groups is 1. The molecule has 21 heavy (non-hydrogen) atoms. The maximum Gasteiger partial charge on any atom is 0.252 e. The van der Waals surface area contributed by atoms with Crippen molar-refractivity contribution in [3.05, 3.63) is 46.2 Å². The normalized spacial score (nSPS) is 16.4. The van der Waals surface area contributed by atoms with Crippen LogP contribution in [0.3, 0.4) is 0 Å². The van der Waals surface area contributed by atoms with Crippen LogP contribution >= 0.6 is 0 Å². The molecule has 0 radical (unpaired) electrons. The highest BCUT2D eigenvalue weighted by Crippen LogP contribution is 2.30. The molecule has 0 bridgehead atoms. The Morgan fingerprint density at radius 2 is 2.10 bits per heavy atom. The minimum atomic E-state index is -0.745. The van der Waals surface area contributed by atoms with Gasteiger partial charge in [-0.25, -0.2) is 0 Å². The molecule has 0 unspecified atom stereocenters. The molecule has 1 fully saturated rings. The number of benzene rings is 1. The number of hydrogen-bond donors (Lipinski definition) is 3. The van der Waals surface area contributed by atoms with Crippen molar-refractivity contribution in [1.29, 1.82) is 0 Å². The van der Waals surface area contributed by atoms with E-state index in [1.165, 1.54) is 0 Å². The van der Waals surface area contributed by atoms with Crippen LogP contribution in [-0.2, 0) is 11.2 Å². The third-order valence-electron chi connectivity index (χ3n) is 4.08. The van der Waals surface area contributed by atoms with Gasteiger partial charge in [0.25, 0.3) is 5.56 Å². The van der Waals surface area contributed by atoms with Gasteiger partial charge < -0.3 is 15.4 Å². The molecule has 5 nitrogen and oxygen atoms in total. The quantitative estimate of drug-likeness (QED) is 0.787. The summed E-state index contributed by atoms with van der Waals surface area (Å²) in [5.41, 5.74) is 0.208. The van der Waals surface area contributed by atoms with Gasteiger partial charge in [0.05, 0.1) is 12.0 Å². The van der Waals surface area contributed by atoms with Crippen LogP contribution in [0.4, 0.5) is 0 Å². The van der Waals surface area contributed by atoms with Gasteiger partial charge >= 0.3 is 0 Å². The minimum Gasteiger partial charge on any atom is -0.388 e. The van der Waals surface area contributed by atoms with E-state index in [1.54, 1.807) is 6.07 Å². The molecule has 2 aromatic rings. The highest BCUT2D eigenvalue weighted by molar-refractivity contribution is 5.82. The average molecular weight is 286 g/mol. The predicted molar refractivity (Wildman–Crippen MR) is 80.1 cm³/mol. The first-order valence-electron chi connectivity index (χ1n) is 7.16. The summed E-state index contributed by atoms with van der Waals surface area (Å²) in [5.74, 6) is -0.240. The molecule has 1 heterocycles. The number of aromatic amines is 1. The molecule has 1 amide bonds. The Balaban J connectivity index is 1.70. The lowest BCUT2D eigenvalue weighted by Gasteiger charge is -2.36. The Morgan fingerprint density at radius 1 is 1.33 bits per heavy atom. The summed E-state index contributed by atoms with van der Waals surface area (Å²) in [6, 6.07) is 9.20. The van der Waals surface area contributed by atoms with E-state index in [1.807, 2.05) is 24.3 Å². The number of carbonyl (C=O) groups excluding carboxylic acids is 1. The van der Waals surface area contributed by atoms with Crippen molar-refractivity contribution in [1.82, 2.24) is 10.3 Å². The van der Waals surface area contributed by atoms with Crippen molar-refractivity contribution in [2.24, 2.45) is 0 Å². The first-order valence-corrected chi connectivity index (χ1v) is 7.16. The summed E-state index contributed by atoms with van der Waals surface area (Å²) in [6.45, 7) is 0.261. The fraction of sp³-hybridized carbons (Fsp3) is 0.375. The third kappa shape index (κ3) is 2.97. The van der Waals surface area contributed by atoms with Crippen LogP contribution in [0.2, 0.25) is 0 Å². The summed E-state index contributed by atoms with van der Waals surface area (Å²) in [4.78, 5) is 26.6. The van der Waals surface area contributed by atoms with E-state index in [0.29, 0.717) is 5.56 Å². The number of fused-ring (bicyclic) bond motifs is 1. The lowest BCUT2D eigenvalue weighted by Crippen LogP contribution is -2.48. The van der Waals surface area contributed by atoms with E-state index in [0.717, 1.165) is 30.2 Å². The van der Waals surface area contributed by atoms with Gasteiger partial charge in [-0.05, 0) is 36.8 Å². The van der Waals surface area contributed by atoms with Crippen LogP contribution in [0.25, 0.3) is 10.9 Å². The smallest absolute Gasteiger partial charge is 0.252 e. The van der Waals surface area contributed by atoms with Crippen LogP contribution in [0.5, 0.6) is 0 Å². The van der Waals surface area contributed by atoms with Crippen molar-refractivity contribution < 1.29 is 9.90 Å². The maximum atomic E-state index is 12.0. The number of rotatable bonds is 4. The molecule has 0 saturated heterocycles. The van der Waals surface area contributed by atoms with Gasteiger partial charge in [0.1, 0.15) is 0 Å². The molecule has 1 aromatic carbocycles. The molecule has 5 heteroatoms. The monoisotopic (exact) mass is 286 g/mol. The van der Waals surface area contributed by atoms with Gasteiger partial charge in [-0.2, -0.15) is 0 Å². The molecule has 1 saturated carbocycles. The maximum absolute atomic E-state index is 12.0. The lowest BCUT2D eigenvalue weighted by atomic mass is 9.80. The van der Waals surface area contributed by atoms with Crippen LogP contribution in [0.1, 0.15) is 24.8 Å². The second kappa shape index (κ2) is 5.33. The van der Waals surface area contributed by atoms with E-state index in [9.17, 15) is 14.7 Å². The van der Waals surface area contributed by atoms with E-state index in [4.69, 9.17) is 0 Å². The largest absolute Gasteiger partial charge is 0.388 e. The van der Waals surface area contributed by atoms with Gasteiger partial charge in [-0.15, -0.1) is 0 Å². The van der Waals surface area contributed by atoms with Gasteiger partial charge in [0.15, 0.2) is 0 Å². The Labute approximate surface area is 122 Å². The molecular formula is C16H18N2O3. The molecule has 1 aromatic heterocycles. The number of para-hydroxylation sites is 1. The van der Waals surface area contributed by atoms with Gasteiger partial charge in [-0.3, -0.25) is 9.59 Å². The molecular weight excluding hydrogens is 268 g/mol. The highest BCUT2D eigenvalue weighted by atomic mass is 16.3. The summed E-state index contributed by atoms with van der Waals surface area (Å²) < 4.78 is 0. The summed E-state index contributed by atoms with van der Waals surface area (Å²) in [6.07, 6.45) is 2.47. The summed E-state index contributed by atoms with van der Waals surface area (Å²) >= 11 is 0. The van der Waals surface area contributed by atoms with Crippen molar-refractivity contribution in [3.63, 3.8) is 0 Å². The number of nitrogens with one attached hydrogen (secondary N) is 2. The van der Waals surface area contributed by atoms with Crippen LogP contribution < -0.4 is 10.9 Å². The van der Waals surface area contributed by atoms with Gasteiger partial charge in [0.2, 0.25) is 5.91 Å². The molecule has 3 N–H and O–H groups in total. The minimum absolute atomic E-state index is 0.0241. The molecule has 0 spiro atoms. The molecule has 1 aliphatic carbocycles. The topological polar surface area (TPSA) is 82.2 Å². The second-order valence-corrected chi connectivity index (χ2v) is 5.74. The van der Waals surface area contributed by atoms with Crippen LogP contribution in [-0.4, -0.2) is 28.1 Å². The zero-order valence-electron chi connectivity index (χ0n) is 11.7. The van der Waals surface area contributed by atoms with E-state index >= 15 is 0 Å². The number of amides is 1. The number of aromatic nitrogens is 1. The molecule has 0 aliphatic heterocycles. The average Bonchev–Trinajstić information content (AvgIpc) is 2.44. The first-order chi connectivity index (χ1) is 10.1. The predicted octanol–water partition coefficient (Wildman–Crippen LogP) is 1.10. The molecule has 1 aliphatic rings. The fourth-order valence-corrected chi connectivity index (χ4v) is 2.58. The summed E-state index contributed by atoms with van der Waals surface area (Å²) in [7, 11) is 0. The van der Waals surface area contributed by atoms with Crippen molar-refractivity contribution >= 4 is 16.8 Å². The Hall–Kier alpha value is -2.14. The number of hydrogen-bond acceptors (Lipinski definition) is 3. The van der Waals surface area contributed by atoms with Crippen molar-refractivity contribution in [3.8, 4) is 0 Å². The first kappa shape index (κ1) is 13.8. The third-order valence-corrected chi connectivity index (χ3v) is 4.08. The number of H-pyrrole nitrogens is 1. The number of aliphatic hydroxyl groups is 1. The van der Waals surface area contributed by atoms with Crippen LogP contribution in [0.15, 0.2) is 35.1 Å². The summed E-state index contributed by atoms with van der Waals surface area (Å²) in [5, 5.41) is 13.5.